The van der Waals surface area contributed by atoms with E-state index in [1.54, 1.807) is 33.1 Å². The topological polar surface area (TPSA) is 49.4 Å². The Labute approximate surface area is 358 Å². The van der Waals surface area contributed by atoms with Crippen LogP contribution in [0.2, 0.25) is 0 Å². The van der Waals surface area contributed by atoms with E-state index >= 15 is 0 Å². The standard InChI is InChI=1S/C53H53NO5S/c1-6-51(2)24-26-52(27-25-51)45-32-39(56-4)20-21-41(45)48-43-34-47(60-40-10-8-7-9-11-40)46(57-5)33-44(43)50-42(49(48)52)22-23-53(59-50,36-14-18-38(55-3)19-15-36)35-12-16-37(17-13-35)54-28-30-58-31-29-54/h7-23,32-34H,6,24-31H2,1-5H3. The van der Waals surface area contributed by atoms with Gasteiger partial charge >= 0.3 is 0 Å². The van der Waals surface area contributed by atoms with E-state index in [-0.39, 0.29) is 5.41 Å². The van der Waals surface area contributed by atoms with Gasteiger partial charge in [0.05, 0.1) is 39.4 Å². The Kier molecular flexibility index (Phi) is 9.88. The Hall–Kier alpha value is -5.37. The molecule has 306 valence electrons. The van der Waals surface area contributed by atoms with Crippen molar-refractivity contribution >= 4 is 34.3 Å². The Morgan fingerprint density at radius 2 is 1.40 bits per heavy atom. The monoisotopic (exact) mass is 815 g/mol. The van der Waals surface area contributed by atoms with E-state index in [0.717, 1.165) is 107 Å². The molecule has 2 aliphatic heterocycles. The maximum absolute atomic E-state index is 7.84. The molecule has 2 heterocycles. The lowest BCUT2D eigenvalue weighted by Crippen LogP contribution is -2.38. The molecule has 1 spiro atoms. The van der Waals surface area contributed by atoms with Crippen LogP contribution in [-0.4, -0.2) is 47.6 Å². The average Bonchev–Trinajstić information content (AvgIpc) is 3.59. The molecule has 0 bridgehead atoms. The van der Waals surface area contributed by atoms with Crippen LogP contribution in [0, 0.1) is 5.41 Å². The van der Waals surface area contributed by atoms with E-state index in [1.807, 2.05) is 12.1 Å². The van der Waals surface area contributed by atoms with Crippen molar-refractivity contribution < 1.29 is 23.7 Å². The average molecular weight is 816 g/mol. The third kappa shape index (κ3) is 6.27. The van der Waals surface area contributed by atoms with Crippen molar-refractivity contribution in [1.29, 1.82) is 0 Å². The smallest absolute Gasteiger partial charge is 0.178 e. The summed E-state index contributed by atoms with van der Waals surface area (Å²) in [6, 6.07) is 39.3. The molecule has 1 unspecified atom stereocenters. The van der Waals surface area contributed by atoms with Gasteiger partial charge in [-0.25, -0.2) is 0 Å². The molecule has 10 rings (SSSR count). The van der Waals surface area contributed by atoms with Gasteiger partial charge in [0.15, 0.2) is 5.60 Å². The molecule has 1 saturated carbocycles. The number of methoxy groups -OCH3 is 3. The third-order valence-electron chi connectivity index (χ3n) is 14.1. The van der Waals surface area contributed by atoms with Gasteiger partial charge < -0.3 is 28.6 Å². The molecule has 6 nitrogen and oxygen atoms in total. The van der Waals surface area contributed by atoms with Crippen molar-refractivity contribution in [3.8, 4) is 34.1 Å². The van der Waals surface area contributed by atoms with Crippen LogP contribution in [0.3, 0.4) is 0 Å². The molecule has 0 amide bonds. The Morgan fingerprint density at radius 1 is 0.717 bits per heavy atom. The van der Waals surface area contributed by atoms with Crippen molar-refractivity contribution in [1.82, 2.24) is 0 Å². The van der Waals surface area contributed by atoms with Crippen LogP contribution in [0.25, 0.3) is 28.0 Å². The van der Waals surface area contributed by atoms with Gasteiger partial charge in [0.25, 0.3) is 0 Å². The first-order chi connectivity index (χ1) is 29.3. The number of ether oxygens (including phenoxy) is 5. The Morgan fingerprint density at radius 3 is 2.07 bits per heavy atom. The number of hydrogen-bond acceptors (Lipinski definition) is 7. The maximum Gasteiger partial charge on any atom is 0.178 e. The number of hydrogen-bond donors (Lipinski definition) is 0. The van der Waals surface area contributed by atoms with Crippen molar-refractivity contribution in [2.24, 2.45) is 5.41 Å². The van der Waals surface area contributed by atoms with E-state index in [2.05, 4.69) is 128 Å². The normalized spacial score (nSPS) is 22.9. The highest BCUT2D eigenvalue weighted by molar-refractivity contribution is 7.99. The molecule has 0 N–H and O–H groups in total. The zero-order valence-corrected chi connectivity index (χ0v) is 36.1. The van der Waals surface area contributed by atoms with Crippen LogP contribution < -0.4 is 23.8 Å². The summed E-state index contributed by atoms with van der Waals surface area (Å²) in [5.41, 5.74) is 8.96. The quantitative estimate of drug-likeness (QED) is 0.144. The second-order valence-electron chi connectivity index (χ2n) is 17.2. The molecule has 7 heteroatoms. The number of rotatable bonds is 9. The molecule has 4 aliphatic rings. The molecule has 2 aliphatic carbocycles. The van der Waals surface area contributed by atoms with Crippen LogP contribution in [0.1, 0.15) is 73.8 Å². The van der Waals surface area contributed by atoms with Crippen molar-refractivity contribution in [2.75, 3.05) is 52.5 Å². The predicted octanol–water partition coefficient (Wildman–Crippen LogP) is 12.5. The summed E-state index contributed by atoms with van der Waals surface area (Å²) in [4.78, 5) is 4.63. The number of nitrogens with zero attached hydrogens (tertiary/aromatic N) is 1. The first kappa shape index (κ1) is 38.8. The lowest BCUT2D eigenvalue weighted by atomic mass is 9.59. The highest BCUT2D eigenvalue weighted by Crippen LogP contribution is 2.65. The highest BCUT2D eigenvalue weighted by Gasteiger charge is 2.51. The number of benzene rings is 6. The van der Waals surface area contributed by atoms with Gasteiger partial charge in [-0.3, -0.25) is 0 Å². The van der Waals surface area contributed by atoms with Gasteiger partial charge in [0, 0.05) is 51.2 Å². The highest BCUT2D eigenvalue weighted by atomic mass is 32.2. The summed E-state index contributed by atoms with van der Waals surface area (Å²) in [5, 5.41) is 2.22. The van der Waals surface area contributed by atoms with Gasteiger partial charge in [0.1, 0.15) is 23.0 Å². The zero-order valence-electron chi connectivity index (χ0n) is 35.3. The van der Waals surface area contributed by atoms with Crippen LogP contribution in [0.4, 0.5) is 5.69 Å². The second kappa shape index (κ2) is 15.3. The summed E-state index contributed by atoms with van der Waals surface area (Å²) >= 11 is 1.74. The molecular weight excluding hydrogens is 763 g/mol. The molecule has 0 radical (unpaired) electrons. The molecule has 6 aromatic rings. The second-order valence-corrected chi connectivity index (χ2v) is 18.3. The molecule has 1 atom stereocenters. The molecule has 6 aromatic carbocycles. The molecule has 0 aromatic heterocycles. The first-order valence-electron chi connectivity index (χ1n) is 21.4. The fourth-order valence-corrected chi connectivity index (χ4v) is 11.4. The minimum absolute atomic E-state index is 0.202. The summed E-state index contributed by atoms with van der Waals surface area (Å²) in [6.45, 7) is 8.07. The van der Waals surface area contributed by atoms with Crippen molar-refractivity contribution in [3.05, 3.63) is 143 Å². The van der Waals surface area contributed by atoms with Gasteiger partial charge in [-0.15, -0.1) is 0 Å². The number of fused-ring (bicyclic) bond motifs is 10. The molecule has 60 heavy (non-hydrogen) atoms. The van der Waals surface area contributed by atoms with Crippen molar-refractivity contribution in [2.45, 2.75) is 66.8 Å². The van der Waals surface area contributed by atoms with E-state index < -0.39 is 5.60 Å². The van der Waals surface area contributed by atoms with Crippen LogP contribution in [-0.2, 0) is 15.8 Å². The lowest BCUT2D eigenvalue weighted by Gasteiger charge is -2.45. The minimum Gasteiger partial charge on any atom is -0.497 e. The van der Waals surface area contributed by atoms with Gasteiger partial charge in [-0.05, 0) is 125 Å². The van der Waals surface area contributed by atoms with Crippen LogP contribution in [0.15, 0.2) is 125 Å². The summed E-state index contributed by atoms with van der Waals surface area (Å²) in [5.74, 6) is 3.41. The van der Waals surface area contributed by atoms with Crippen LogP contribution in [0.5, 0.6) is 23.0 Å². The Bertz CT molecular complexity index is 2590. The molecule has 1 saturated heterocycles. The van der Waals surface area contributed by atoms with Gasteiger partial charge in [-0.1, -0.05) is 86.6 Å². The minimum atomic E-state index is -0.927. The van der Waals surface area contributed by atoms with E-state index in [9.17, 15) is 0 Å². The summed E-state index contributed by atoms with van der Waals surface area (Å²) in [6.07, 6.45) is 10.3. The van der Waals surface area contributed by atoms with Crippen molar-refractivity contribution in [3.63, 3.8) is 0 Å². The van der Waals surface area contributed by atoms with E-state index in [1.165, 1.54) is 39.7 Å². The maximum atomic E-state index is 7.84. The fourth-order valence-electron chi connectivity index (χ4n) is 10.4. The Balaban J connectivity index is 1.24. The number of morpholine rings is 1. The zero-order chi connectivity index (χ0) is 41.1. The van der Waals surface area contributed by atoms with Gasteiger partial charge in [0.2, 0.25) is 0 Å². The summed E-state index contributed by atoms with van der Waals surface area (Å²) < 4.78 is 31.4. The number of anilines is 1. The lowest BCUT2D eigenvalue weighted by molar-refractivity contribution is 0.122. The summed E-state index contributed by atoms with van der Waals surface area (Å²) in [7, 11) is 5.27. The largest absolute Gasteiger partial charge is 0.497 e. The van der Waals surface area contributed by atoms with E-state index in [4.69, 9.17) is 23.7 Å². The third-order valence-corrected chi connectivity index (χ3v) is 15.2. The van der Waals surface area contributed by atoms with Crippen LogP contribution >= 0.6 is 11.8 Å². The predicted molar refractivity (Wildman–Crippen MR) is 244 cm³/mol. The fraction of sp³-hybridized carbons (Fsp3) is 0.321. The molecular formula is C53H53NO5S. The van der Waals surface area contributed by atoms with E-state index in [0.29, 0.717) is 5.41 Å². The molecule has 2 fully saturated rings. The SMILES string of the molecule is CCC1(C)CCC2(CC1)c1cc(OC)ccc1-c1c2c2c(c3cc(OC)c(Sc4ccccc4)cc13)OC(c1ccc(OC)cc1)(c1ccc(N3CCOCC3)cc1)C=C2. The first-order valence-corrected chi connectivity index (χ1v) is 22.2. The van der Waals surface area contributed by atoms with Gasteiger partial charge in [-0.2, -0.15) is 0 Å².